The number of aromatic nitrogens is 2. The van der Waals surface area contributed by atoms with Crippen LogP contribution in [0.5, 0.6) is 0 Å². The van der Waals surface area contributed by atoms with Gasteiger partial charge in [-0.15, -0.1) is 11.3 Å². The first-order valence-corrected chi connectivity index (χ1v) is 11.4. The van der Waals surface area contributed by atoms with E-state index in [4.69, 9.17) is 11.6 Å². The molecule has 1 saturated heterocycles. The summed E-state index contributed by atoms with van der Waals surface area (Å²) in [7, 11) is 3.48. The van der Waals surface area contributed by atoms with Crippen molar-refractivity contribution < 1.29 is 13.4 Å². The molecule has 3 heterocycles. The lowest BCUT2D eigenvalue weighted by Crippen LogP contribution is -2.52. The van der Waals surface area contributed by atoms with E-state index in [1.165, 1.54) is 22.5 Å². The molecule has 1 aliphatic heterocycles. The molecular formula is C19H19ClFN5O2S2. The van der Waals surface area contributed by atoms with E-state index in [2.05, 4.69) is 15.1 Å². The van der Waals surface area contributed by atoms with Crippen molar-refractivity contribution in [3.63, 3.8) is 0 Å². The highest BCUT2D eigenvalue weighted by Crippen LogP contribution is 2.35. The van der Waals surface area contributed by atoms with E-state index in [1.54, 1.807) is 29.3 Å². The Morgan fingerprint density at radius 3 is 2.87 bits per heavy atom. The molecule has 30 heavy (non-hydrogen) atoms. The Bertz CT molecular complexity index is 1120. The minimum atomic E-state index is -1.54. The standard InChI is InChI=1S/C19H19ClFN5O2S2/c1-25-10-11(9-22-25)17-5-6-18(29-17)15-8-16(26(2)30(28)24-15)19(27)23-12-3-4-14(21)13(20)7-12/h3-7,9-10,15-16,24H,8H2,1-2H3,(H,23,27)/t15-,16-,30?/m0/s1. The van der Waals surface area contributed by atoms with Crippen molar-refractivity contribution in [2.75, 3.05) is 12.4 Å². The predicted molar refractivity (Wildman–Crippen MR) is 117 cm³/mol. The lowest BCUT2D eigenvalue weighted by Gasteiger charge is -2.35. The van der Waals surface area contributed by atoms with Crippen LogP contribution in [0.2, 0.25) is 5.02 Å². The molecule has 0 spiro atoms. The number of hydrogen-bond donors (Lipinski definition) is 2. The second-order valence-electron chi connectivity index (χ2n) is 6.94. The van der Waals surface area contributed by atoms with Crippen molar-refractivity contribution in [3.8, 4) is 10.4 Å². The summed E-state index contributed by atoms with van der Waals surface area (Å²) in [4.78, 5) is 14.9. The molecule has 0 aliphatic carbocycles. The number of aryl methyl sites for hydroxylation is 1. The highest BCUT2D eigenvalue weighted by molar-refractivity contribution is 7.80. The van der Waals surface area contributed by atoms with E-state index >= 15 is 0 Å². The normalized spacial score (nSPS) is 22.2. The highest BCUT2D eigenvalue weighted by atomic mass is 35.5. The number of nitrogens with zero attached hydrogens (tertiary/aromatic N) is 3. The highest BCUT2D eigenvalue weighted by Gasteiger charge is 2.37. The summed E-state index contributed by atoms with van der Waals surface area (Å²) in [5, 5.41) is 6.85. The van der Waals surface area contributed by atoms with Gasteiger partial charge in [-0.2, -0.15) is 5.10 Å². The molecule has 1 amide bonds. The number of likely N-dealkylation sites (N-methyl/N-ethyl adjacent to an activating group) is 1. The van der Waals surface area contributed by atoms with E-state index in [-0.39, 0.29) is 17.0 Å². The Kier molecular flexibility index (Phi) is 6.03. The average molecular weight is 468 g/mol. The molecule has 1 unspecified atom stereocenters. The summed E-state index contributed by atoms with van der Waals surface area (Å²) < 4.78 is 32.2. The van der Waals surface area contributed by atoms with Crippen molar-refractivity contribution >= 4 is 45.7 Å². The summed E-state index contributed by atoms with van der Waals surface area (Å²) in [6.07, 6.45) is 4.15. The van der Waals surface area contributed by atoms with Gasteiger partial charge in [-0.05, 0) is 36.8 Å². The van der Waals surface area contributed by atoms with Gasteiger partial charge in [0.15, 0.2) is 11.2 Å². The predicted octanol–water partition coefficient (Wildman–Crippen LogP) is 3.49. The molecule has 7 nitrogen and oxygen atoms in total. The maximum atomic E-state index is 13.4. The summed E-state index contributed by atoms with van der Waals surface area (Å²) in [5.41, 5.74) is 1.39. The van der Waals surface area contributed by atoms with Gasteiger partial charge in [-0.1, -0.05) is 11.6 Å². The number of benzene rings is 1. The average Bonchev–Trinajstić information content (AvgIpc) is 3.36. The van der Waals surface area contributed by atoms with Crippen molar-refractivity contribution in [2.45, 2.75) is 18.5 Å². The molecule has 3 atom stereocenters. The van der Waals surface area contributed by atoms with Crippen LogP contribution in [-0.2, 0) is 23.0 Å². The Labute approximate surface area is 184 Å². The summed E-state index contributed by atoms with van der Waals surface area (Å²) >= 11 is 5.83. The lowest BCUT2D eigenvalue weighted by molar-refractivity contribution is -0.120. The molecule has 1 aliphatic rings. The number of nitrogens with one attached hydrogen (secondary N) is 2. The molecule has 2 N–H and O–H groups in total. The number of thiophene rings is 1. The lowest BCUT2D eigenvalue weighted by atomic mass is 10.1. The zero-order valence-electron chi connectivity index (χ0n) is 16.1. The van der Waals surface area contributed by atoms with E-state index in [0.717, 1.165) is 15.3 Å². The number of carbonyl (C=O) groups is 1. The molecule has 0 radical (unpaired) electrons. The van der Waals surface area contributed by atoms with Gasteiger partial charge in [0.05, 0.1) is 17.3 Å². The molecule has 11 heteroatoms. The molecule has 158 valence electrons. The van der Waals surface area contributed by atoms with Crippen molar-refractivity contribution in [3.05, 3.63) is 58.4 Å². The van der Waals surface area contributed by atoms with Gasteiger partial charge in [0.2, 0.25) is 5.91 Å². The van der Waals surface area contributed by atoms with Crippen LogP contribution < -0.4 is 10.0 Å². The van der Waals surface area contributed by atoms with E-state index < -0.39 is 23.0 Å². The van der Waals surface area contributed by atoms with Crippen LogP contribution in [-0.4, -0.2) is 37.3 Å². The number of rotatable bonds is 4. The minimum absolute atomic E-state index is 0.0746. The van der Waals surface area contributed by atoms with Crippen LogP contribution in [0.15, 0.2) is 42.7 Å². The second kappa shape index (κ2) is 8.56. The molecular weight excluding hydrogens is 449 g/mol. The molecule has 3 aromatic rings. The number of halogens is 2. The van der Waals surface area contributed by atoms with E-state index in [9.17, 15) is 13.4 Å². The first-order valence-electron chi connectivity index (χ1n) is 9.07. The number of hydrogen-bond acceptors (Lipinski definition) is 4. The maximum Gasteiger partial charge on any atom is 0.242 e. The zero-order chi connectivity index (χ0) is 21.4. The van der Waals surface area contributed by atoms with Crippen LogP contribution in [0, 0.1) is 5.82 Å². The van der Waals surface area contributed by atoms with Gasteiger partial charge >= 0.3 is 0 Å². The number of carbonyl (C=O) groups excluding carboxylic acids is 1. The monoisotopic (exact) mass is 467 g/mol. The zero-order valence-corrected chi connectivity index (χ0v) is 18.5. The number of anilines is 1. The third-order valence-corrected chi connectivity index (χ3v) is 7.65. The van der Waals surface area contributed by atoms with Crippen LogP contribution in [0.1, 0.15) is 17.3 Å². The van der Waals surface area contributed by atoms with E-state index in [1.807, 2.05) is 25.4 Å². The molecule has 4 rings (SSSR count). The summed E-state index contributed by atoms with van der Waals surface area (Å²) in [6, 6.07) is 7.07. The first-order chi connectivity index (χ1) is 14.3. The smallest absolute Gasteiger partial charge is 0.242 e. The topological polar surface area (TPSA) is 79.3 Å². The van der Waals surface area contributed by atoms with Crippen LogP contribution in [0.3, 0.4) is 0 Å². The van der Waals surface area contributed by atoms with Crippen molar-refractivity contribution in [1.82, 2.24) is 18.8 Å². The first kappa shape index (κ1) is 21.1. The molecule has 2 aromatic heterocycles. The maximum absolute atomic E-state index is 13.4. The SMILES string of the molecule is CN1[C@H](C(=O)Nc2ccc(F)c(Cl)c2)C[C@@H](c2ccc(-c3cnn(C)c3)s2)NS1=O. The largest absolute Gasteiger partial charge is 0.325 e. The van der Waals surface area contributed by atoms with Crippen LogP contribution in [0.25, 0.3) is 10.4 Å². The van der Waals surface area contributed by atoms with Gasteiger partial charge in [-0.3, -0.25) is 9.48 Å². The van der Waals surface area contributed by atoms with E-state index in [0.29, 0.717) is 12.1 Å². The molecule has 0 bridgehead atoms. The van der Waals surface area contributed by atoms with Crippen LogP contribution in [0.4, 0.5) is 10.1 Å². The second-order valence-corrected chi connectivity index (χ2v) is 9.77. The fourth-order valence-electron chi connectivity index (χ4n) is 3.23. The Hall–Kier alpha value is -2.11. The Balaban J connectivity index is 1.52. The van der Waals surface area contributed by atoms with Crippen molar-refractivity contribution in [2.24, 2.45) is 7.05 Å². The van der Waals surface area contributed by atoms with Gasteiger partial charge in [0, 0.05) is 41.3 Å². The summed E-state index contributed by atoms with van der Waals surface area (Å²) in [6.45, 7) is 0. The van der Waals surface area contributed by atoms with Gasteiger partial charge in [-0.25, -0.2) is 17.6 Å². The summed E-state index contributed by atoms with van der Waals surface area (Å²) in [5.74, 6) is -0.888. The van der Waals surface area contributed by atoms with Crippen molar-refractivity contribution in [1.29, 1.82) is 0 Å². The Morgan fingerprint density at radius 2 is 2.17 bits per heavy atom. The molecule has 1 aromatic carbocycles. The number of amides is 1. The van der Waals surface area contributed by atoms with Gasteiger partial charge in [0.1, 0.15) is 11.9 Å². The third kappa shape index (κ3) is 4.33. The Morgan fingerprint density at radius 1 is 1.37 bits per heavy atom. The molecule has 1 fully saturated rings. The molecule has 0 saturated carbocycles. The third-order valence-electron chi connectivity index (χ3n) is 4.85. The van der Waals surface area contributed by atoms with Crippen LogP contribution >= 0.6 is 22.9 Å². The van der Waals surface area contributed by atoms with Gasteiger partial charge in [0.25, 0.3) is 0 Å². The fraction of sp³-hybridized carbons (Fsp3) is 0.263. The quantitative estimate of drug-likeness (QED) is 0.616. The minimum Gasteiger partial charge on any atom is -0.325 e. The fourth-order valence-corrected chi connectivity index (χ4v) is 5.58. The van der Waals surface area contributed by atoms with Gasteiger partial charge < -0.3 is 5.32 Å².